The Morgan fingerprint density at radius 2 is 1.90 bits per heavy atom. The summed E-state index contributed by atoms with van der Waals surface area (Å²) >= 11 is 0. The van der Waals surface area contributed by atoms with Crippen LogP contribution < -0.4 is 10.1 Å². The molecule has 0 saturated carbocycles. The molecule has 156 valence electrons. The molecule has 1 unspecified atom stereocenters. The van der Waals surface area contributed by atoms with E-state index in [1.165, 1.54) is 12.8 Å². The summed E-state index contributed by atoms with van der Waals surface area (Å²) in [5.74, 6) is 0.805. The number of aromatic nitrogens is 1. The van der Waals surface area contributed by atoms with Crippen molar-refractivity contribution in [1.82, 2.24) is 15.2 Å². The van der Waals surface area contributed by atoms with Gasteiger partial charge < -0.3 is 10.1 Å². The average Bonchev–Trinajstić information content (AvgIpc) is 3.28. The zero-order valence-electron chi connectivity index (χ0n) is 17.9. The van der Waals surface area contributed by atoms with E-state index in [2.05, 4.69) is 21.3 Å². The van der Waals surface area contributed by atoms with Gasteiger partial charge in [-0.25, -0.2) is 0 Å². The maximum atomic E-state index is 13.2. The number of pyridine rings is 1. The fourth-order valence-electron chi connectivity index (χ4n) is 4.38. The number of carbonyl (C=O) groups excluding carboxylic acids is 1. The number of hydrogen-bond acceptors (Lipinski definition) is 4. The minimum absolute atomic E-state index is 0.0600. The number of nitrogens with one attached hydrogen (secondary N) is 1. The topological polar surface area (TPSA) is 54.5 Å². The number of para-hydroxylation sites is 1. The molecule has 3 aromatic rings. The summed E-state index contributed by atoms with van der Waals surface area (Å²) in [5.41, 5.74) is 4.62. The van der Waals surface area contributed by atoms with Crippen LogP contribution in [0.2, 0.25) is 0 Å². The van der Waals surface area contributed by atoms with Crippen molar-refractivity contribution in [1.29, 1.82) is 0 Å². The van der Waals surface area contributed by atoms with E-state index in [0.717, 1.165) is 46.6 Å². The lowest BCUT2D eigenvalue weighted by Gasteiger charge is -2.29. The molecule has 30 heavy (non-hydrogen) atoms. The van der Waals surface area contributed by atoms with Gasteiger partial charge in [0.05, 0.1) is 24.2 Å². The van der Waals surface area contributed by atoms with E-state index < -0.39 is 0 Å². The first-order chi connectivity index (χ1) is 14.6. The Balaban J connectivity index is 1.62. The number of amides is 1. The highest BCUT2D eigenvalue weighted by atomic mass is 16.5. The van der Waals surface area contributed by atoms with E-state index in [1.807, 2.05) is 56.3 Å². The van der Waals surface area contributed by atoms with Crippen molar-refractivity contribution in [2.24, 2.45) is 0 Å². The van der Waals surface area contributed by atoms with Gasteiger partial charge in [0.1, 0.15) is 5.75 Å². The van der Waals surface area contributed by atoms with Gasteiger partial charge in [0.2, 0.25) is 0 Å². The number of likely N-dealkylation sites (tertiary alicyclic amines) is 1. The van der Waals surface area contributed by atoms with E-state index in [9.17, 15) is 4.79 Å². The van der Waals surface area contributed by atoms with Crippen molar-refractivity contribution in [3.63, 3.8) is 0 Å². The van der Waals surface area contributed by atoms with Crippen LogP contribution in [0.1, 0.15) is 46.1 Å². The zero-order chi connectivity index (χ0) is 21.1. The number of carbonyl (C=O) groups is 1. The molecular weight excluding hydrogens is 374 g/mol. The molecule has 0 aliphatic carbocycles. The number of rotatable bonds is 6. The molecule has 5 nitrogen and oxygen atoms in total. The molecule has 1 aromatic heterocycles. The maximum Gasteiger partial charge on any atom is 0.252 e. The Labute approximate surface area is 178 Å². The standard InChI is InChI=1S/C25H29N3O2/c1-17-10-11-22-20(14-17)21(15-18(2)27-22)25(29)26-16-23(28-12-6-7-13-28)19-8-4-5-9-24(19)30-3/h4-5,8-11,14-15,23H,6-7,12-13,16H2,1-3H3,(H,26,29). The third kappa shape index (κ3) is 4.17. The number of benzene rings is 2. The van der Waals surface area contributed by atoms with Crippen molar-refractivity contribution in [2.75, 3.05) is 26.7 Å². The molecule has 1 N–H and O–H groups in total. The fraction of sp³-hybridized carbons (Fsp3) is 0.360. The molecule has 1 aliphatic heterocycles. The number of ether oxygens (including phenoxy) is 1. The van der Waals surface area contributed by atoms with Gasteiger partial charge in [-0.1, -0.05) is 29.8 Å². The summed E-state index contributed by atoms with van der Waals surface area (Å²) in [4.78, 5) is 20.3. The Hall–Kier alpha value is -2.92. The first kappa shape index (κ1) is 20.4. The second-order valence-corrected chi connectivity index (χ2v) is 8.04. The first-order valence-corrected chi connectivity index (χ1v) is 10.6. The summed E-state index contributed by atoms with van der Waals surface area (Å²) in [5, 5.41) is 4.10. The Bertz CT molecular complexity index is 1060. The molecule has 0 spiro atoms. The summed E-state index contributed by atoms with van der Waals surface area (Å²) in [6.45, 7) is 6.57. The molecule has 4 rings (SSSR count). The van der Waals surface area contributed by atoms with Crippen molar-refractivity contribution < 1.29 is 9.53 Å². The van der Waals surface area contributed by atoms with Crippen LogP contribution in [-0.4, -0.2) is 42.5 Å². The number of fused-ring (bicyclic) bond motifs is 1. The molecule has 0 bridgehead atoms. The fourth-order valence-corrected chi connectivity index (χ4v) is 4.38. The largest absolute Gasteiger partial charge is 0.496 e. The molecule has 1 fully saturated rings. The van der Waals surface area contributed by atoms with Gasteiger partial charge in [-0.05, 0) is 64.0 Å². The lowest BCUT2D eigenvalue weighted by Crippen LogP contribution is -2.37. The van der Waals surface area contributed by atoms with Crippen molar-refractivity contribution >= 4 is 16.8 Å². The first-order valence-electron chi connectivity index (χ1n) is 10.6. The van der Waals surface area contributed by atoms with Crippen LogP contribution in [-0.2, 0) is 0 Å². The minimum Gasteiger partial charge on any atom is -0.496 e. The normalized spacial score (nSPS) is 15.3. The molecule has 1 amide bonds. The molecule has 1 aliphatic rings. The lowest BCUT2D eigenvalue weighted by atomic mass is 10.0. The highest BCUT2D eigenvalue weighted by Gasteiger charge is 2.26. The number of nitrogens with zero attached hydrogens (tertiary/aromatic N) is 2. The van der Waals surface area contributed by atoms with Gasteiger partial charge in [-0.2, -0.15) is 0 Å². The molecule has 5 heteroatoms. The summed E-state index contributed by atoms with van der Waals surface area (Å²) < 4.78 is 5.62. The second kappa shape index (κ2) is 8.84. The smallest absolute Gasteiger partial charge is 0.252 e. The van der Waals surface area contributed by atoms with Crippen LogP contribution in [0.3, 0.4) is 0 Å². The Morgan fingerprint density at radius 1 is 1.13 bits per heavy atom. The van der Waals surface area contributed by atoms with E-state index >= 15 is 0 Å². The van der Waals surface area contributed by atoms with Crippen LogP contribution >= 0.6 is 0 Å². The SMILES string of the molecule is COc1ccccc1C(CNC(=O)c1cc(C)nc2ccc(C)cc12)N1CCCC1. The third-order valence-electron chi connectivity index (χ3n) is 5.87. The van der Waals surface area contributed by atoms with Gasteiger partial charge in [-0.15, -0.1) is 0 Å². The van der Waals surface area contributed by atoms with Crippen molar-refractivity contribution in [3.05, 3.63) is 70.9 Å². The van der Waals surface area contributed by atoms with Crippen LogP contribution in [0, 0.1) is 13.8 Å². The zero-order valence-corrected chi connectivity index (χ0v) is 17.9. The summed E-state index contributed by atoms with van der Waals surface area (Å²) in [6, 6.07) is 16.1. The molecule has 1 saturated heterocycles. The quantitative estimate of drug-likeness (QED) is 0.662. The molecule has 2 aromatic carbocycles. The van der Waals surface area contributed by atoms with E-state index in [1.54, 1.807) is 7.11 Å². The van der Waals surface area contributed by atoms with Gasteiger partial charge in [-0.3, -0.25) is 14.7 Å². The van der Waals surface area contributed by atoms with E-state index in [0.29, 0.717) is 12.1 Å². The minimum atomic E-state index is -0.0600. The summed E-state index contributed by atoms with van der Waals surface area (Å²) in [6.07, 6.45) is 2.38. The predicted octanol–water partition coefficient (Wildman–Crippen LogP) is 4.43. The van der Waals surface area contributed by atoms with Gasteiger partial charge >= 0.3 is 0 Å². The van der Waals surface area contributed by atoms with E-state index in [4.69, 9.17) is 4.74 Å². The van der Waals surface area contributed by atoms with Crippen LogP contribution in [0.15, 0.2) is 48.5 Å². The highest BCUT2D eigenvalue weighted by molar-refractivity contribution is 6.06. The summed E-state index contributed by atoms with van der Waals surface area (Å²) in [7, 11) is 1.70. The molecule has 1 atom stereocenters. The van der Waals surface area contributed by atoms with Gasteiger partial charge in [0, 0.05) is 23.2 Å². The Kier molecular flexibility index (Phi) is 6.00. The van der Waals surface area contributed by atoms with Crippen molar-refractivity contribution in [2.45, 2.75) is 32.7 Å². The monoisotopic (exact) mass is 403 g/mol. The lowest BCUT2D eigenvalue weighted by molar-refractivity contribution is 0.0939. The Morgan fingerprint density at radius 3 is 2.67 bits per heavy atom. The number of hydrogen-bond donors (Lipinski definition) is 1. The molecule has 2 heterocycles. The van der Waals surface area contributed by atoms with Crippen LogP contribution in [0.25, 0.3) is 10.9 Å². The third-order valence-corrected chi connectivity index (χ3v) is 5.87. The van der Waals surface area contributed by atoms with Gasteiger partial charge in [0.25, 0.3) is 5.91 Å². The van der Waals surface area contributed by atoms with Gasteiger partial charge in [0.15, 0.2) is 0 Å². The highest BCUT2D eigenvalue weighted by Crippen LogP contribution is 2.31. The van der Waals surface area contributed by atoms with Crippen molar-refractivity contribution in [3.8, 4) is 5.75 Å². The number of methoxy groups -OCH3 is 1. The average molecular weight is 404 g/mol. The second-order valence-electron chi connectivity index (χ2n) is 8.04. The number of aryl methyl sites for hydroxylation is 2. The van der Waals surface area contributed by atoms with Crippen LogP contribution in [0.4, 0.5) is 0 Å². The molecule has 0 radical (unpaired) electrons. The molecular formula is C25H29N3O2. The van der Waals surface area contributed by atoms with E-state index in [-0.39, 0.29) is 11.9 Å². The predicted molar refractivity (Wildman–Crippen MR) is 120 cm³/mol. The van der Waals surface area contributed by atoms with Crippen LogP contribution in [0.5, 0.6) is 5.75 Å². The maximum absolute atomic E-state index is 13.2.